The van der Waals surface area contributed by atoms with Gasteiger partial charge < -0.3 is 24.8 Å². The Morgan fingerprint density at radius 2 is 1.22 bits per heavy atom. The van der Waals surface area contributed by atoms with Crippen LogP contribution in [-0.2, 0) is 40.5 Å². The van der Waals surface area contributed by atoms with Gasteiger partial charge in [-0.15, -0.1) is 0 Å². The summed E-state index contributed by atoms with van der Waals surface area (Å²) in [6.45, 7) is 14.2. The van der Waals surface area contributed by atoms with Gasteiger partial charge in [-0.3, -0.25) is 0 Å². The molecule has 0 bridgehead atoms. The van der Waals surface area contributed by atoms with Crippen molar-refractivity contribution >= 4 is 3.27 Å². The first-order valence-electron chi connectivity index (χ1n) is 14.2. The van der Waals surface area contributed by atoms with Crippen LogP contribution in [0.15, 0.2) is 100 Å². The average molecular weight is 657 g/mol. The van der Waals surface area contributed by atoms with Crippen molar-refractivity contribution in [3.63, 3.8) is 0 Å². The molecule has 0 radical (unpaired) electrons. The summed E-state index contributed by atoms with van der Waals surface area (Å²) in [5.41, 5.74) is 14.7. The number of hydrogen-bond donors (Lipinski definition) is 0. The quantitative estimate of drug-likeness (QED) is 0.277. The fourth-order valence-corrected chi connectivity index (χ4v) is 9.87. The molecular weight excluding hydrogens is 619 g/mol. The van der Waals surface area contributed by atoms with Gasteiger partial charge in [0.1, 0.15) is 0 Å². The number of halogens is 2. The second-order valence-corrected chi connectivity index (χ2v) is 16.5. The summed E-state index contributed by atoms with van der Waals surface area (Å²) in [4.78, 5) is 0. The molecule has 0 spiro atoms. The molecule has 41 heavy (non-hydrogen) atoms. The molecule has 0 N–H and O–H groups in total. The van der Waals surface area contributed by atoms with Crippen molar-refractivity contribution in [3.05, 3.63) is 123 Å². The van der Waals surface area contributed by atoms with Crippen molar-refractivity contribution in [1.82, 2.24) is 0 Å². The number of allylic oxidation sites excluding steroid dienone is 4. The van der Waals surface area contributed by atoms with Crippen LogP contribution in [0.25, 0.3) is 33.4 Å². The number of hydrogen-bond acceptors (Lipinski definition) is 0. The van der Waals surface area contributed by atoms with E-state index in [1.807, 2.05) is 0 Å². The van der Waals surface area contributed by atoms with E-state index in [1.165, 1.54) is 50.1 Å². The zero-order valence-electron chi connectivity index (χ0n) is 24.9. The molecule has 4 aromatic rings. The second-order valence-electron chi connectivity index (χ2n) is 13.1. The Morgan fingerprint density at radius 3 is 1.78 bits per heavy atom. The second kappa shape index (κ2) is 12.2. The summed E-state index contributed by atoms with van der Waals surface area (Å²) in [6.07, 6.45) is 9.18. The maximum atomic E-state index is 2.57. The molecule has 0 fully saturated rings. The molecule has 0 unspecified atom stereocenters. The zero-order chi connectivity index (χ0) is 27.4. The molecule has 0 saturated heterocycles. The van der Waals surface area contributed by atoms with Crippen molar-refractivity contribution in [2.45, 2.75) is 65.2 Å². The van der Waals surface area contributed by atoms with Crippen LogP contribution in [0, 0.1) is 0 Å². The van der Waals surface area contributed by atoms with E-state index >= 15 is 0 Å². The van der Waals surface area contributed by atoms with Crippen molar-refractivity contribution in [3.8, 4) is 33.4 Å². The third-order valence-corrected chi connectivity index (χ3v) is 11.8. The number of benzene rings is 4. The molecule has 0 aromatic heterocycles. The van der Waals surface area contributed by atoms with E-state index < -0.39 is 23.2 Å². The van der Waals surface area contributed by atoms with Gasteiger partial charge in [0.15, 0.2) is 0 Å². The fourth-order valence-electron chi connectivity index (χ4n) is 6.19. The third-order valence-electron chi connectivity index (χ3n) is 8.16. The van der Waals surface area contributed by atoms with Gasteiger partial charge in [0.05, 0.1) is 0 Å². The largest absolute Gasteiger partial charge is 1.00 e. The molecule has 0 amide bonds. The van der Waals surface area contributed by atoms with Gasteiger partial charge in [0.2, 0.25) is 0 Å². The predicted molar refractivity (Wildman–Crippen MR) is 164 cm³/mol. The molecule has 3 heteroatoms. The normalized spacial score (nSPS) is 13.5. The summed E-state index contributed by atoms with van der Waals surface area (Å²) in [5.74, 6) is 0. The van der Waals surface area contributed by atoms with E-state index in [9.17, 15) is 0 Å². The summed E-state index contributed by atoms with van der Waals surface area (Å²) in [7, 11) is 0. The Balaban J connectivity index is 0.00000194. The summed E-state index contributed by atoms with van der Waals surface area (Å²) in [5, 5.41) is 0. The molecule has 0 aliphatic heterocycles. The first-order chi connectivity index (χ1) is 18.6. The Bertz CT molecular complexity index is 1620. The molecule has 0 nitrogen and oxygen atoms in total. The van der Waals surface area contributed by atoms with Gasteiger partial charge in [0, 0.05) is 0 Å². The molecular formula is C38H38Cl2Zr. The van der Waals surface area contributed by atoms with Crippen molar-refractivity contribution < 1.29 is 48.0 Å². The van der Waals surface area contributed by atoms with Crippen LogP contribution >= 0.6 is 0 Å². The van der Waals surface area contributed by atoms with Gasteiger partial charge in [-0.1, -0.05) is 0 Å². The Hall–Kier alpha value is -2.18. The monoisotopic (exact) mass is 654 g/mol. The standard InChI is InChI=1S/C33H33.C5H5.2ClH.Zr/c1-32(2,3)30-20-26-24(18-28(30)22-13-9-7-10-14-22)17-25-19-29(23-15-11-8-12-16-23)31(21-27(25)26)33(4,5)6;1-2-4-5-3-1;;;/h7-16,18,20-21H,17H2,1-6H3;1-3H,4H2;2*1H;/q;;;;+2/p-2. The van der Waals surface area contributed by atoms with E-state index in [-0.39, 0.29) is 35.6 Å². The first kappa shape index (κ1) is 31.8. The van der Waals surface area contributed by atoms with Crippen LogP contribution in [0.4, 0.5) is 0 Å². The van der Waals surface area contributed by atoms with Crippen molar-refractivity contribution in [1.29, 1.82) is 0 Å². The van der Waals surface area contributed by atoms with Crippen molar-refractivity contribution in [2.75, 3.05) is 0 Å². The summed E-state index contributed by atoms with van der Waals surface area (Å²) in [6, 6.07) is 29.8. The van der Waals surface area contributed by atoms with Gasteiger partial charge in [-0.25, -0.2) is 0 Å². The van der Waals surface area contributed by atoms with Crippen LogP contribution in [0.3, 0.4) is 0 Å². The molecule has 4 aromatic carbocycles. The van der Waals surface area contributed by atoms with Crippen LogP contribution in [-0.4, -0.2) is 0 Å². The fraction of sp³-hybridized carbons (Fsp3) is 0.263. The summed E-state index contributed by atoms with van der Waals surface area (Å²) < 4.78 is 3.37. The smallest absolute Gasteiger partial charge is 1.00 e. The molecule has 0 saturated carbocycles. The van der Waals surface area contributed by atoms with E-state index in [1.54, 1.807) is 12.1 Å². The number of rotatable bonds is 4. The number of fused-ring (bicyclic) bond motifs is 3. The Labute approximate surface area is 270 Å². The topological polar surface area (TPSA) is 0 Å². The minimum absolute atomic E-state index is 0. The van der Waals surface area contributed by atoms with E-state index in [4.69, 9.17) is 0 Å². The Kier molecular flexibility index (Phi) is 9.45. The zero-order valence-corrected chi connectivity index (χ0v) is 28.9. The predicted octanol–water partition coefficient (Wildman–Crippen LogP) is 3.75. The average Bonchev–Trinajstić information content (AvgIpc) is 3.55. The maximum Gasteiger partial charge on any atom is -1.00 e. The maximum absolute atomic E-state index is 2.57. The molecule has 2 aliphatic carbocycles. The van der Waals surface area contributed by atoms with Crippen molar-refractivity contribution in [2.24, 2.45) is 0 Å². The third kappa shape index (κ3) is 6.15. The molecule has 208 valence electrons. The van der Waals surface area contributed by atoms with E-state index in [2.05, 4.69) is 139 Å². The first-order valence-corrected chi connectivity index (χ1v) is 16.7. The molecule has 2 aliphatic rings. The van der Waals surface area contributed by atoms with Crippen LogP contribution in [0.1, 0.15) is 70.2 Å². The minimum atomic E-state index is -0.988. The van der Waals surface area contributed by atoms with E-state index in [0.29, 0.717) is 0 Å². The van der Waals surface area contributed by atoms with Gasteiger partial charge in [0.25, 0.3) is 0 Å². The molecule has 0 atom stereocenters. The Morgan fingerprint density at radius 1 is 0.634 bits per heavy atom. The SMILES string of the molecule is CC(C)(C)c1cc2c(cc1-c1ccccc1)Cc1c-2cc(C(C)(C)C)c(-c2ccccc2)[c]1[Zr+2][C]1=CC=CC1.[Cl-].[Cl-]. The summed E-state index contributed by atoms with van der Waals surface area (Å²) >= 11 is -0.988. The molecule has 6 rings (SSSR count). The van der Waals surface area contributed by atoms with Crippen LogP contribution in [0.5, 0.6) is 0 Å². The van der Waals surface area contributed by atoms with Crippen LogP contribution in [0.2, 0.25) is 0 Å². The van der Waals surface area contributed by atoms with Gasteiger partial charge in [-0.05, 0) is 0 Å². The molecule has 0 heterocycles. The van der Waals surface area contributed by atoms with Crippen LogP contribution < -0.4 is 28.1 Å². The van der Waals surface area contributed by atoms with E-state index in [0.717, 1.165) is 12.8 Å². The minimum Gasteiger partial charge on any atom is -1.00 e. The van der Waals surface area contributed by atoms with Gasteiger partial charge >= 0.3 is 248 Å². The van der Waals surface area contributed by atoms with Gasteiger partial charge in [-0.2, -0.15) is 0 Å².